The average Bonchev–Trinajstić information content (AvgIpc) is 3.06. The standard InChI is InChI=1S/C19H19FN4/c1-23-8-9-24(18-5-3-17(20)4-6-18)19-7-2-14(10-15(19)13-23)16-11-21-22-12-16/h2-7,10-12H,8-9,13H2,1H3,(H,21,22). The first-order chi connectivity index (χ1) is 11.7. The van der Waals surface area contributed by atoms with Gasteiger partial charge in [-0.2, -0.15) is 5.10 Å². The Bertz CT molecular complexity index is 827. The molecule has 1 aliphatic heterocycles. The number of hydrogen-bond donors (Lipinski definition) is 1. The number of halogens is 1. The predicted octanol–water partition coefficient (Wildman–Crippen LogP) is 3.80. The summed E-state index contributed by atoms with van der Waals surface area (Å²) in [4.78, 5) is 4.57. The lowest BCUT2D eigenvalue weighted by atomic mass is 10.0. The first-order valence-corrected chi connectivity index (χ1v) is 8.04. The van der Waals surface area contributed by atoms with Crippen LogP contribution in [0.4, 0.5) is 15.8 Å². The summed E-state index contributed by atoms with van der Waals surface area (Å²) in [6.07, 6.45) is 3.74. The van der Waals surface area contributed by atoms with E-state index in [0.29, 0.717) is 0 Å². The fraction of sp³-hybridized carbons (Fsp3) is 0.211. The van der Waals surface area contributed by atoms with Gasteiger partial charge in [-0.3, -0.25) is 5.10 Å². The van der Waals surface area contributed by atoms with Crippen LogP contribution in [0.25, 0.3) is 11.1 Å². The first kappa shape index (κ1) is 14.9. The second kappa shape index (κ2) is 6.09. The lowest BCUT2D eigenvalue weighted by Gasteiger charge is -2.25. The minimum Gasteiger partial charge on any atom is -0.340 e. The number of likely N-dealkylation sites (N-methyl/N-ethyl adjacent to an activating group) is 1. The fourth-order valence-electron chi connectivity index (χ4n) is 3.21. The van der Waals surface area contributed by atoms with E-state index < -0.39 is 0 Å². The quantitative estimate of drug-likeness (QED) is 0.779. The third-order valence-electron chi connectivity index (χ3n) is 4.49. The van der Waals surface area contributed by atoms with Crippen LogP contribution >= 0.6 is 0 Å². The third-order valence-corrected chi connectivity index (χ3v) is 4.49. The number of benzene rings is 2. The molecule has 0 saturated heterocycles. The number of nitrogens with one attached hydrogen (secondary N) is 1. The molecule has 0 bridgehead atoms. The van der Waals surface area contributed by atoms with Gasteiger partial charge in [0.2, 0.25) is 0 Å². The second-order valence-corrected chi connectivity index (χ2v) is 6.20. The van der Waals surface area contributed by atoms with Gasteiger partial charge in [-0.1, -0.05) is 6.07 Å². The van der Waals surface area contributed by atoms with E-state index in [1.54, 1.807) is 0 Å². The predicted molar refractivity (Wildman–Crippen MR) is 93.8 cm³/mol. The van der Waals surface area contributed by atoms with Crippen molar-refractivity contribution in [2.45, 2.75) is 6.54 Å². The van der Waals surface area contributed by atoms with Gasteiger partial charge in [0.05, 0.1) is 6.20 Å². The first-order valence-electron chi connectivity index (χ1n) is 8.04. The Kier molecular flexibility index (Phi) is 3.78. The summed E-state index contributed by atoms with van der Waals surface area (Å²) in [5, 5.41) is 6.90. The zero-order chi connectivity index (χ0) is 16.5. The Morgan fingerprint density at radius 1 is 1.04 bits per heavy atom. The summed E-state index contributed by atoms with van der Waals surface area (Å²) in [5.74, 6) is -0.207. The third kappa shape index (κ3) is 2.78. The molecule has 5 heteroatoms. The van der Waals surface area contributed by atoms with Gasteiger partial charge >= 0.3 is 0 Å². The summed E-state index contributed by atoms with van der Waals surface area (Å²) in [6, 6.07) is 13.2. The number of rotatable bonds is 2. The molecule has 0 fully saturated rings. The van der Waals surface area contributed by atoms with Crippen LogP contribution in [0.3, 0.4) is 0 Å². The van der Waals surface area contributed by atoms with Crippen LogP contribution in [0.1, 0.15) is 5.56 Å². The highest BCUT2D eigenvalue weighted by Gasteiger charge is 2.20. The van der Waals surface area contributed by atoms with Gasteiger partial charge in [-0.15, -0.1) is 0 Å². The minimum absolute atomic E-state index is 0.207. The fourth-order valence-corrected chi connectivity index (χ4v) is 3.21. The molecule has 0 amide bonds. The number of aromatic nitrogens is 2. The van der Waals surface area contributed by atoms with Gasteiger partial charge in [0.15, 0.2) is 0 Å². The van der Waals surface area contributed by atoms with Crippen molar-refractivity contribution in [2.75, 3.05) is 25.0 Å². The molecule has 0 atom stereocenters. The van der Waals surface area contributed by atoms with Gasteiger partial charge in [0.25, 0.3) is 0 Å². The lowest BCUT2D eigenvalue weighted by molar-refractivity contribution is 0.343. The number of aromatic amines is 1. The van der Waals surface area contributed by atoms with Crippen LogP contribution in [0.15, 0.2) is 54.9 Å². The van der Waals surface area contributed by atoms with Gasteiger partial charge < -0.3 is 9.80 Å². The van der Waals surface area contributed by atoms with Gasteiger partial charge in [-0.05, 0) is 54.6 Å². The van der Waals surface area contributed by atoms with Crippen LogP contribution in [-0.4, -0.2) is 35.2 Å². The molecule has 1 aliphatic rings. The monoisotopic (exact) mass is 322 g/mol. The van der Waals surface area contributed by atoms with Crippen molar-refractivity contribution in [1.82, 2.24) is 15.1 Å². The average molecular weight is 322 g/mol. The van der Waals surface area contributed by atoms with Crippen molar-refractivity contribution < 1.29 is 4.39 Å². The molecule has 1 N–H and O–H groups in total. The maximum atomic E-state index is 13.3. The Hall–Kier alpha value is -2.66. The van der Waals surface area contributed by atoms with Crippen LogP contribution < -0.4 is 4.90 Å². The number of anilines is 2. The molecule has 2 heterocycles. The van der Waals surface area contributed by atoms with Crippen LogP contribution in [0.5, 0.6) is 0 Å². The maximum Gasteiger partial charge on any atom is 0.123 e. The van der Waals surface area contributed by atoms with Crippen LogP contribution in [-0.2, 0) is 6.54 Å². The molecule has 0 aliphatic carbocycles. The molecule has 4 rings (SSSR count). The molecule has 0 spiro atoms. The molecule has 0 unspecified atom stereocenters. The molecule has 1 aromatic heterocycles. The van der Waals surface area contributed by atoms with Crippen LogP contribution in [0.2, 0.25) is 0 Å². The second-order valence-electron chi connectivity index (χ2n) is 6.20. The van der Waals surface area contributed by atoms with Crippen LogP contribution in [0, 0.1) is 5.82 Å². The van der Waals surface area contributed by atoms with Crippen molar-refractivity contribution in [3.63, 3.8) is 0 Å². The Morgan fingerprint density at radius 2 is 1.88 bits per heavy atom. The van der Waals surface area contributed by atoms with E-state index in [0.717, 1.165) is 36.4 Å². The SMILES string of the molecule is CN1CCN(c2ccc(F)cc2)c2ccc(-c3cn[nH]c3)cc2C1. The van der Waals surface area contributed by atoms with Gasteiger partial charge in [0, 0.05) is 42.8 Å². The highest BCUT2D eigenvalue weighted by atomic mass is 19.1. The molecule has 4 nitrogen and oxygen atoms in total. The number of nitrogens with zero attached hydrogens (tertiary/aromatic N) is 3. The molecule has 122 valence electrons. The zero-order valence-electron chi connectivity index (χ0n) is 13.5. The molecular weight excluding hydrogens is 303 g/mol. The Labute approximate surface area is 140 Å². The Morgan fingerprint density at radius 3 is 2.62 bits per heavy atom. The summed E-state index contributed by atoms with van der Waals surface area (Å²) in [5.41, 5.74) is 5.69. The molecule has 0 radical (unpaired) electrons. The van der Waals surface area contributed by atoms with Crippen molar-refractivity contribution in [2.24, 2.45) is 0 Å². The normalized spacial score (nSPS) is 15.2. The van der Waals surface area contributed by atoms with Crippen molar-refractivity contribution in [3.8, 4) is 11.1 Å². The van der Waals surface area contributed by atoms with E-state index >= 15 is 0 Å². The van der Waals surface area contributed by atoms with Crippen molar-refractivity contribution >= 4 is 11.4 Å². The van der Waals surface area contributed by atoms with E-state index in [-0.39, 0.29) is 5.82 Å². The number of hydrogen-bond acceptors (Lipinski definition) is 3. The highest BCUT2D eigenvalue weighted by molar-refractivity contribution is 5.72. The minimum atomic E-state index is -0.207. The summed E-state index contributed by atoms with van der Waals surface area (Å²) >= 11 is 0. The Balaban J connectivity index is 1.78. The molecule has 3 aromatic rings. The van der Waals surface area contributed by atoms with E-state index in [9.17, 15) is 4.39 Å². The topological polar surface area (TPSA) is 35.2 Å². The summed E-state index contributed by atoms with van der Waals surface area (Å²) in [7, 11) is 2.13. The van der Waals surface area contributed by atoms with Gasteiger partial charge in [0.1, 0.15) is 5.82 Å². The molecule has 24 heavy (non-hydrogen) atoms. The van der Waals surface area contributed by atoms with E-state index in [1.807, 2.05) is 24.5 Å². The zero-order valence-corrected chi connectivity index (χ0v) is 13.5. The largest absolute Gasteiger partial charge is 0.340 e. The van der Waals surface area contributed by atoms with Crippen molar-refractivity contribution in [1.29, 1.82) is 0 Å². The van der Waals surface area contributed by atoms with E-state index in [4.69, 9.17) is 0 Å². The molecule has 2 aromatic carbocycles. The maximum absolute atomic E-state index is 13.3. The van der Waals surface area contributed by atoms with Gasteiger partial charge in [-0.25, -0.2) is 4.39 Å². The van der Waals surface area contributed by atoms with E-state index in [2.05, 4.69) is 45.2 Å². The smallest absolute Gasteiger partial charge is 0.123 e. The molecule has 0 saturated carbocycles. The van der Waals surface area contributed by atoms with E-state index in [1.165, 1.54) is 23.4 Å². The molecular formula is C19H19FN4. The highest BCUT2D eigenvalue weighted by Crippen LogP contribution is 2.34. The summed E-state index contributed by atoms with van der Waals surface area (Å²) in [6.45, 7) is 2.71. The summed E-state index contributed by atoms with van der Waals surface area (Å²) < 4.78 is 13.3. The number of fused-ring (bicyclic) bond motifs is 1. The van der Waals surface area contributed by atoms with Crippen molar-refractivity contribution in [3.05, 3.63) is 66.2 Å². The number of H-pyrrole nitrogens is 1. The lowest BCUT2D eigenvalue weighted by Crippen LogP contribution is -2.26.